The molecule has 1 N–H and O–H groups in total. The van der Waals surface area contributed by atoms with E-state index in [-0.39, 0.29) is 12.0 Å². The molecule has 15 heavy (non-hydrogen) atoms. The van der Waals surface area contributed by atoms with Crippen LogP contribution >= 0.6 is 15.9 Å². The Hall–Kier alpha value is -0.940. The van der Waals surface area contributed by atoms with E-state index in [1.807, 2.05) is 0 Å². The second kappa shape index (κ2) is 5.23. The Balaban J connectivity index is 2.81. The molecule has 0 saturated carbocycles. The van der Waals surface area contributed by atoms with Gasteiger partial charge in [-0.15, -0.1) is 0 Å². The summed E-state index contributed by atoms with van der Waals surface area (Å²) >= 11 is 3.02. The molecule has 1 atom stereocenters. The normalized spacial score (nSPS) is 12.3. The van der Waals surface area contributed by atoms with Crippen LogP contribution in [-0.2, 0) is 16.0 Å². The van der Waals surface area contributed by atoms with E-state index in [9.17, 15) is 14.3 Å². The van der Waals surface area contributed by atoms with E-state index in [4.69, 9.17) is 0 Å². The zero-order chi connectivity index (χ0) is 11.4. The number of hydrogen-bond acceptors (Lipinski definition) is 3. The highest BCUT2D eigenvalue weighted by atomic mass is 79.9. The maximum Gasteiger partial charge on any atom is 0.335 e. The molecule has 0 aliphatic rings. The SMILES string of the molecule is COC(=O)C(O)Cc1cccc(Br)c1F. The molecule has 3 nitrogen and oxygen atoms in total. The number of aliphatic hydroxyl groups excluding tert-OH is 1. The maximum absolute atomic E-state index is 13.4. The van der Waals surface area contributed by atoms with Crippen LogP contribution in [0.5, 0.6) is 0 Å². The van der Waals surface area contributed by atoms with Crippen LogP contribution in [0.4, 0.5) is 4.39 Å². The Kier molecular flexibility index (Phi) is 4.23. The number of methoxy groups -OCH3 is 1. The third-order valence-corrected chi connectivity index (χ3v) is 2.53. The lowest BCUT2D eigenvalue weighted by Crippen LogP contribution is -2.24. The van der Waals surface area contributed by atoms with Gasteiger partial charge in [0.15, 0.2) is 6.10 Å². The average Bonchev–Trinajstić information content (AvgIpc) is 2.23. The predicted molar refractivity (Wildman–Crippen MR) is 55.8 cm³/mol. The summed E-state index contributed by atoms with van der Waals surface area (Å²) in [5.74, 6) is -1.24. The number of benzene rings is 1. The van der Waals surface area contributed by atoms with Crippen molar-refractivity contribution in [1.82, 2.24) is 0 Å². The van der Waals surface area contributed by atoms with E-state index >= 15 is 0 Å². The number of carbonyl (C=O) groups excluding carboxylic acids is 1. The Labute approximate surface area is 95.0 Å². The Bertz CT molecular complexity index is 368. The van der Waals surface area contributed by atoms with E-state index in [1.165, 1.54) is 13.2 Å². The van der Waals surface area contributed by atoms with Crippen molar-refractivity contribution in [2.75, 3.05) is 7.11 Å². The summed E-state index contributed by atoms with van der Waals surface area (Å²) < 4.78 is 18.1. The van der Waals surface area contributed by atoms with Gasteiger partial charge in [-0.3, -0.25) is 0 Å². The molecule has 1 aromatic carbocycles. The summed E-state index contributed by atoms with van der Waals surface area (Å²) in [6.07, 6.45) is -1.43. The number of hydrogen-bond donors (Lipinski definition) is 1. The van der Waals surface area contributed by atoms with Crippen LogP contribution in [0.15, 0.2) is 22.7 Å². The first-order valence-corrected chi connectivity index (χ1v) is 5.04. The van der Waals surface area contributed by atoms with Crippen LogP contribution in [0.1, 0.15) is 5.56 Å². The molecule has 1 unspecified atom stereocenters. The molecule has 0 radical (unpaired) electrons. The minimum absolute atomic E-state index is 0.0993. The second-order valence-corrected chi connectivity index (χ2v) is 3.81. The van der Waals surface area contributed by atoms with Crippen molar-refractivity contribution in [3.8, 4) is 0 Å². The first kappa shape index (κ1) is 12.1. The minimum Gasteiger partial charge on any atom is -0.467 e. The van der Waals surface area contributed by atoms with E-state index in [0.717, 1.165) is 0 Å². The van der Waals surface area contributed by atoms with E-state index in [1.54, 1.807) is 12.1 Å². The highest BCUT2D eigenvalue weighted by Gasteiger charge is 2.18. The van der Waals surface area contributed by atoms with Crippen LogP contribution in [-0.4, -0.2) is 24.3 Å². The second-order valence-electron chi connectivity index (χ2n) is 2.96. The summed E-state index contributed by atoms with van der Waals surface area (Å²) in [5, 5.41) is 9.33. The third-order valence-electron chi connectivity index (χ3n) is 1.92. The van der Waals surface area contributed by atoms with E-state index in [2.05, 4.69) is 20.7 Å². The fraction of sp³-hybridized carbons (Fsp3) is 0.300. The molecule has 0 aliphatic heterocycles. The zero-order valence-corrected chi connectivity index (χ0v) is 9.62. The molecule has 1 aromatic rings. The summed E-state index contributed by atoms with van der Waals surface area (Å²) in [5.41, 5.74) is 0.266. The predicted octanol–water partition coefficient (Wildman–Crippen LogP) is 1.66. The first-order valence-electron chi connectivity index (χ1n) is 4.25. The van der Waals surface area contributed by atoms with Gasteiger partial charge in [0.1, 0.15) is 5.82 Å². The van der Waals surface area contributed by atoms with Gasteiger partial charge in [0.05, 0.1) is 11.6 Å². The molecule has 0 aliphatic carbocycles. The molecule has 5 heteroatoms. The van der Waals surface area contributed by atoms with Crippen LogP contribution in [0.3, 0.4) is 0 Å². The van der Waals surface area contributed by atoms with Gasteiger partial charge in [-0.05, 0) is 27.6 Å². The van der Waals surface area contributed by atoms with Crippen LogP contribution in [0.2, 0.25) is 0 Å². The number of rotatable bonds is 3. The third kappa shape index (κ3) is 3.00. The van der Waals surface area contributed by atoms with Crippen molar-refractivity contribution in [3.05, 3.63) is 34.1 Å². The number of ether oxygens (including phenoxy) is 1. The molecule has 0 bridgehead atoms. The quantitative estimate of drug-likeness (QED) is 0.855. The topological polar surface area (TPSA) is 46.5 Å². The maximum atomic E-state index is 13.4. The van der Waals surface area contributed by atoms with Crippen molar-refractivity contribution < 1.29 is 19.0 Å². The molecular weight excluding hydrogens is 267 g/mol. The van der Waals surface area contributed by atoms with E-state index < -0.39 is 17.9 Å². The lowest BCUT2D eigenvalue weighted by atomic mass is 10.1. The Morgan fingerprint density at radius 2 is 2.33 bits per heavy atom. The van der Waals surface area contributed by atoms with Crippen molar-refractivity contribution in [3.63, 3.8) is 0 Å². The average molecular weight is 277 g/mol. The van der Waals surface area contributed by atoms with Crippen LogP contribution in [0.25, 0.3) is 0 Å². The number of halogens is 2. The van der Waals surface area contributed by atoms with Crippen LogP contribution < -0.4 is 0 Å². The van der Waals surface area contributed by atoms with Gasteiger partial charge in [0.25, 0.3) is 0 Å². The van der Waals surface area contributed by atoms with E-state index in [0.29, 0.717) is 4.47 Å². The van der Waals surface area contributed by atoms with Crippen molar-refractivity contribution in [2.24, 2.45) is 0 Å². The van der Waals surface area contributed by atoms with Gasteiger partial charge in [0, 0.05) is 6.42 Å². The summed E-state index contributed by atoms with van der Waals surface area (Å²) in [4.78, 5) is 10.9. The molecule has 0 saturated heterocycles. The van der Waals surface area contributed by atoms with Crippen molar-refractivity contribution in [2.45, 2.75) is 12.5 Å². The summed E-state index contributed by atoms with van der Waals surface area (Å²) in [6, 6.07) is 4.68. The molecule has 0 fully saturated rings. The Morgan fingerprint density at radius 3 is 2.93 bits per heavy atom. The smallest absolute Gasteiger partial charge is 0.335 e. The fourth-order valence-corrected chi connectivity index (χ4v) is 1.54. The largest absolute Gasteiger partial charge is 0.467 e. The van der Waals surface area contributed by atoms with Gasteiger partial charge in [-0.25, -0.2) is 9.18 Å². The van der Waals surface area contributed by atoms with Crippen molar-refractivity contribution in [1.29, 1.82) is 0 Å². The highest BCUT2D eigenvalue weighted by molar-refractivity contribution is 9.10. The number of aliphatic hydroxyl groups is 1. The van der Waals surface area contributed by atoms with Crippen LogP contribution in [0, 0.1) is 5.82 Å². The monoisotopic (exact) mass is 276 g/mol. The summed E-state index contributed by atoms with van der Waals surface area (Å²) in [6.45, 7) is 0. The van der Waals surface area contributed by atoms with Gasteiger partial charge >= 0.3 is 5.97 Å². The molecule has 82 valence electrons. The number of esters is 1. The molecule has 0 amide bonds. The zero-order valence-electron chi connectivity index (χ0n) is 8.04. The lowest BCUT2D eigenvalue weighted by Gasteiger charge is -2.09. The Morgan fingerprint density at radius 1 is 1.67 bits per heavy atom. The molecule has 0 heterocycles. The van der Waals surface area contributed by atoms with Crippen molar-refractivity contribution >= 4 is 21.9 Å². The van der Waals surface area contributed by atoms with Gasteiger partial charge in [0.2, 0.25) is 0 Å². The molecular formula is C10H10BrFO3. The first-order chi connectivity index (χ1) is 7.06. The fourth-order valence-electron chi connectivity index (χ4n) is 1.13. The number of carbonyl (C=O) groups is 1. The van der Waals surface area contributed by atoms with Gasteiger partial charge in [-0.2, -0.15) is 0 Å². The molecule has 1 rings (SSSR count). The lowest BCUT2D eigenvalue weighted by molar-refractivity contribution is -0.150. The van der Waals surface area contributed by atoms with Gasteiger partial charge < -0.3 is 9.84 Å². The van der Waals surface area contributed by atoms with Gasteiger partial charge in [-0.1, -0.05) is 12.1 Å². The molecule has 0 spiro atoms. The minimum atomic E-state index is -1.33. The standard InChI is InChI=1S/C10H10BrFO3/c1-15-10(14)8(13)5-6-3-2-4-7(11)9(6)12/h2-4,8,13H,5H2,1H3. The molecule has 0 aromatic heterocycles. The summed E-state index contributed by atoms with van der Waals surface area (Å²) in [7, 11) is 1.17. The highest BCUT2D eigenvalue weighted by Crippen LogP contribution is 2.19.